The van der Waals surface area contributed by atoms with Gasteiger partial charge >= 0.3 is 0 Å². The number of rotatable bonds is 5. The average Bonchev–Trinajstić information content (AvgIpc) is 3.00. The van der Waals surface area contributed by atoms with E-state index in [0.717, 1.165) is 9.87 Å². The van der Waals surface area contributed by atoms with Crippen LogP contribution in [0.5, 0.6) is 5.75 Å². The number of halogens is 1. The molecule has 1 unspecified atom stereocenters. The average molecular weight is 424 g/mol. The first-order chi connectivity index (χ1) is 13.2. The topological polar surface area (TPSA) is 124 Å². The summed E-state index contributed by atoms with van der Waals surface area (Å²) in [5.41, 5.74) is -0.806. The Morgan fingerprint density at radius 1 is 1.43 bits per heavy atom. The summed E-state index contributed by atoms with van der Waals surface area (Å²) in [6.07, 6.45) is 0.260. The standard InChI is InChI=1S/C18H18ClN3O5S/c1-12-2-5-16(15(19)6-12)28(25,26)22-9-17(18(24,10-22)11-23)27-14-4-3-13(7-20)21-8-14/h2-6,8,17,23-24H,9-11H2,1H3/t17?,18-/m1/s1. The molecule has 2 heterocycles. The van der Waals surface area contributed by atoms with Crippen molar-refractivity contribution in [2.24, 2.45) is 0 Å². The number of nitriles is 1. The molecule has 10 heteroatoms. The van der Waals surface area contributed by atoms with Crippen LogP contribution in [0.4, 0.5) is 0 Å². The van der Waals surface area contributed by atoms with Crippen molar-refractivity contribution in [1.29, 1.82) is 5.26 Å². The summed E-state index contributed by atoms with van der Waals surface area (Å²) < 4.78 is 32.7. The van der Waals surface area contributed by atoms with Crippen LogP contribution in [-0.4, -0.2) is 59.3 Å². The lowest BCUT2D eigenvalue weighted by molar-refractivity contribution is -0.0641. The third-order valence-corrected chi connectivity index (χ3v) is 6.82. The summed E-state index contributed by atoms with van der Waals surface area (Å²) >= 11 is 6.11. The highest BCUT2D eigenvalue weighted by molar-refractivity contribution is 7.89. The number of hydrogen-bond donors (Lipinski definition) is 2. The van der Waals surface area contributed by atoms with Crippen molar-refractivity contribution < 1.29 is 23.4 Å². The Bertz CT molecular complexity index is 1020. The maximum absolute atomic E-state index is 13.0. The van der Waals surface area contributed by atoms with Gasteiger partial charge in [0.1, 0.15) is 34.1 Å². The zero-order valence-electron chi connectivity index (χ0n) is 14.9. The summed E-state index contributed by atoms with van der Waals surface area (Å²) in [5, 5.41) is 29.3. The molecule has 2 atom stereocenters. The van der Waals surface area contributed by atoms with Gasteiger partial charge in [0, 0.05) is 6.54 Å². The van der Waals surface area contributed by atoms with Crippen LogP contribution in [0.15, 0.2) is 41.4 Å². The molecule has 2 N–H and O–H groups in total. The van der Waals surface area contributed by atoms with Gasteiger partial charge in [-0.05, 0) is 36.8 Å². The summed E-state index contributed by atoms with van der Waals surface area (Å²) in [7, 11) is -4.01. The minimum Gasteiger partial charge on any atom is -0.484 e. The summed E-state index contributed by atoms with van der Waals surface area (Å²) in [5.74, 6) is 0.239. The van der Waals surface area contributed by atoms with Gasteiger partial charge in [0.2, 0.25) is 10.0 Å². The van der Waals surface area contributed by atoms with Gasteiger partial charge in [-0.3, -0.25) is 0 Å². The third kappa shape index (κ3) is 3.83. The summed E-state index contributed by atoms with van der Waals surface area (Å²) in [6.45, 7) is 0.543. The van der Waals surface area contributed by atoms with Gasteiger partial charge in [-0.25, -0.2) is 13.4 Å². The molecule has 0 aliphatic carbocycles. The van der Waals surface area contributed by atoms with E-state index >= 15 is 0 Å². The number of benzene rings is 1. The Morgan fingerprint density at radius 3 is 2.75 bits per heavy atom. The van der Waals surface area contributed by atoms with Crippen molar-refractivity contribution in [1.82, 2.24) is 9.29 Å². The van der Waals surface area contributed by atoms with E-state index in [9.17, 15) is 18.6 Å². The lowest BCUT2D eigenvalue weighted by Crippen LogP contribution is -2.48. The molecule has 1 saturated heterocycles. The highest BCUT2D eigenvalue weighted by Crippen LogP contribution is 2.33. The second-order valence-electron chi connectivity index (χ2n) is 6.59. The number of aliphatic hydroxyl groups excluding tert-OH is 1. The van der Waals surface area contributed by atoms with E-state index in [1.807, 2.05) is 6.07 Å². The molecule has 1 aliphatic rings. The minimum absolute atomic E-state index is 0.0770. The fourth-order valence-corrected chi connectivity index (χ4v) is 5.02. The molecule has 0 saturated carbocycles. The first-order valence-electron chi connectivity index (χ1n) is 8.32. The van der Waals surface area contributed by atoms with Gasteiger partial charge in [0.15, 0.2) is 0 Å². The first-order valence-corrected chi connectivity index (χ1v) is 10.1. The Morgan fingerprint density at radius 2 is 2.18 bits per heavy atom. The molecule has 0 amide bonds. The number of sulfonamides is 1. The van der Waals surface area contributed by atoms with Crippen LogP contribution < -0.4 is 4.74 Å². The molecule has 2 aromatic rings. The predicted octanol–water partition coefficient (Wildman–Crippen LogP) is 1.09. The first kappa shape index (κ1) is 20.5. The fraction of sp³-hybridized carbons (Fsp3) is 0.333. The zero-order valence-corrected chi connectivity index (χ0v) is 16.5. The molecule has 1 aromatic heterocycles. The second kappa shape index (κ2) is 7.66. The Kier molecular flexibility index (Phi) is 5.61. The van der Waals surface area contributed by atoms with Gasteiger partial charge < -0.3 is 14.9 Å². The van der Waals surface area contributed by atoms with E-state index in [1.54, 1.807) is 19.1 Å². The molecular weight excluding hydrogens is 406 g/mol. The zero-order chi connectivity index (χ0) is 20.5. The Labute approximate surface area is 167 Å². The minimum atomic E-state index is -4.01. The SMILES string of the molecule is Cc1ccc(S(=O)(=O)N2CC(Oc3ccc(C#N)nc3)[C@](O)(CO)C2)c(Cl)c1. The molecule has 3 rings (SSSR count). The smallest absolute Gasteiger partial charge is 0.244 e. The van der Waals surface area contributed by atoms with Crippen molar-refractivity contribution in [2.45, 2.75) is 23.5 Å². The van der Waals surface area contributed by atoms with Gasteiger partial charge in [0.25, 0.3) is 0 Å². The lowest BCUT2D eigenvalue weighted by atomic mass is 10.0. The second-order valence-corrected chi connectivity index (χ2v) is 8.90. The largest absolute Gasteiger partial charge is 0.484 e. The quantitative estimate of drug-likeness (QED) is 0.737. The number of aryl methyl sites for hydroxylation is 1. The number of pyridine rings is 1. The van der Waals surface area contributed by atoms with Crippen molar-refractivity contribution in [3.05, 3.63) is 52.8 Å². The van der Waals surface area contributed by atoms with E-state index in [0.29, 0.717) is 0 Å². The van der Waals surface area contributed by atoms with E-state index in [-0.39, 0.29) is 34.5 Å². The molecule has 1 aromatic carbocycles. The highest BCUT2D eigenvalue weighted by Gasteiger charge is 2.51. The summed E-state index contributed by atoms with van der Waals surface area (Å²) in [4.78, 5) is 3.79. The van der Waals surface area contributed by atoms with Crippen LogP contribution in [0.25, 0.3) is 0 Å². The van der Waals surface area contributed by atoms with Gasteiger partial charge in [-0.1, -0.05) is 17.7 Å². The number of aromatic nitrogens is 1. The Balaban J connectivity index is 1.87. The molecule has 8 nitrogen and oxygen atoms in total. The maximum Gasteiger partial charge on any atom is 0.244 e. The van der Waals surface area contributed by atoms with E-state index in [2.05, 4.69) is 4.98 Å². The Hall–Kier alpha value is -2.22. The molecule has 1 aliphatic heterocycles. The van der Waals surface area contributed by atoms with Crippen molar-refractivity contribution >= 4 is 21.6 Å². The number of hydrogen-bond acceptors (Lipinski definition) is 7. The van der Waals surface area contributed by atoms with Crippen LogP contribution in [0.3, 0.4) is 0 Å². The number of β-amino-alcohol motifs (C(OH)–C–C–N with tert-alkyl or cyclic N) is 1. The van der Waals surface area contributed by atoms with Crippen molar-refractivity contribution in [2.75, 3.05) is 19.7 Å². The molecule has 1 fully saturated rings. The maximum atomic E-state index is 13.0. The third-order valence-electron chi connectivity index (χ3n) is 4.53. The van der Waals surface area contributed by atoms with Crippen molar-refractivity contribution in [3.63, 3.8) is 0 Å². The molecular formula is C18H18ClN3O5S. The monoisotopic (exact) mass is 423 g/mol. The molecule has 0 radical (unpaired) electrons. The normalized spacial score (nSPS) is 22.8. The van der Waals surface area contributed by atoms with Crippen LogP contribution in [0, 0.1) is 18.3 Å². The van der Waals surface area contributed by atoms with E-state index in [1.165, 1.54) is 24.4 Å². The number of nitrogens with zero attached hydrogens (tertiary/aromatic N) is 3. The van der Waals surface area contributed by atoms with Crippen molar-refractivity contribution in [3.8, 4) is 11.8 Å². The fourth-order valence-electron chi connectivity index (χ4n) is 2.94. The molecule has 0 bridgehead atoms. The summed E-state index contributed by atoms with van der Waals surface area (Å²) in [6, 6.07) is 9.37. The van der Waals surface area contributed by atoms with Crippen LogP contribution in [-0.2, 0) is 10.0 Å². The molecule has 28 heavy (non-hydrogen) atoms. The lowest BCUT2D eigenvalue weighted by Gasteiger charge is -2.26. The number of aliphatic hydroxyl groups is 2. The van der Waals surface area contributed by atoms with Gasteiger partial charge in [0.05, 0.1) is 24.4 Å². The number of ether oxygens (including phenoxy) is 1. The molecule has 0 spiro atoms. The van der Waals surface area contributed by atoms with Crippen LogP contribution >= 0.6 is 11.6 Å². The van der Waals surface area contributed by atoms with Gasteiger partial charge in [-0.15, -0.1) is 0 Å². The van der Waals surface area contributed by atoms with Crippen LogP contribution in [0.2, 0.25) is 5.02 Å². The highest BCUT2D eigenvalue weighted by atomic mass is 35.5. The van der Waals surface area contributed by atoms with Crippen LogP contribution in [0.1, 0.15) is 11.3 Å². The predicted molar refractivity (Wildman–Crippen MR) is 100 cm³/mol. The van der Waals surface area contributed by atoms with E-state index in [4.69, 9.17) is 21.6 Å². The van der Waals surface area contributed by atoms with E-state index < -0.39 is 28.3 Å². The molecule has 148 valence electrons. The van der Waals surface area contributed by atoms with Gasteiger partial charge in [-0.2, -0.15) is 9.57 Å².